The van der Waals surface area contributed by atoms with Crippen molar-refractivity contribution in [1.29, 1.82) is 0 Å². The van der Waals surface area contributed by atoms with Gasteiger partial charge in [0.1, 0.15) is 0 Å². The van der Waals surface area contributed by atoms with Crippen LogP contribution < -0.4 is 15.4 Å². The summed E-state index contributed by atoms with van der Waals surface area (Å²) in [4.78, 5) is 4.18. The number of rotatable bonds is 11. The lowest BCUT2D eigenvalue weighted by Crippen LogP contribution is -2.40. The summed E-state index contributed by atoms with van der Waals surface area (Å²) in [6.45, 7) is 6.49. The lowest BCUT2D eigenvalue weighted by molar-refractivity contribution is 0.443. The van der Waals surface area contributed by atoms with E-state index in [2.05, 4.69) is 34.2 Å². The third kappa shape index (κ3) is 12.6. The number of guanidine groups is 1. The average molecular weight is 321 g/mol. The van der Waals surface area contributed by atoms with Crippen molar-refractivity contribution in [3.05, 3.63) is 0 Å². The third-order valence-electron chi connectivity index (χ3n) is 3.34. The summed E-state index contributed by atoms with van der Waals surface area (Å²) in [6, 6.07) is 0. The largest absolute Gasteiger partial charge is 0.356 e. The van der Waals surface area contributed by atoms with Gasteiger partial charge in [0.25, 0.3) is 0 Å². The summed E-state index contributed by atoms with van der Waals surface area (Å²) in [5.41, 5.74) is 0. The first-order valence-electron chi connectivity index (χ1n) is 7.82. The highest BCUT2D eigenvalue weighted by molar-refractivity contribution is 7.88. The fourth-order valence-electron chi connectivity index (χ4n) is 1.96. The molecule has 0 saturated heterocycles. The van der Waals surface area contributed by atoms with Crippen LogP contribution in [0.1, 0.15) is 46.0 Å². The van der Waals surface area contributed by atoms with Crippen LogP contribution in [-0.4, -0.2) is 47.3 Å². The van der Waals surface area contributed by atoms with E-state index in [0.717, 1.165) is 18.9 Å². The lowest BCUT2D eigenvalue weighted by Gasteiger charge is -2.18. The molecule has 3 N–H and O–H groups in total. The maximum Gasteiger partial charge on any atom is 0.208 e. The van der Waals surface area contributed by atoms with Crippen molar-refractivity contribution in [3.63, 3.8) is 0 Å². The van der Waals surface area contributed by atoms with Crippen molar-refractivity contribution in [2.45, 2.75) is 46.0 Å². The standard InChI is InChI=1S/C14H32N4O2S/c1-5-7-9-13(6-2)12-17-14(15-3)16-10-8-11-18-21(4,19)20/h13,18H,5-12H2,1-4H3,(H2,15,16,17). The van der Waals surface area contributed by atoms with Crippen molar-refractivity contribution in [1.82, 2.24) is 15.4 Å². The van der Waals surface area contributed by atoms with Crippen LogP contribution >= 0.6 is 0 Å². The van der Waals surface area contributed by atoms with Crippen LogP contribution in [0.5, 0.6) is 0 Å². The molecule has 0 aliphatic heterocycles. The molecule has 7 heteroatoms. The Hall–Kier alpha value is -0.820. The number of hydrogen-bond acceptors (Lipinski definition) is 3. The van der Waals surface area contributed by atoms with Crippen LogP contribution in [0.25, 0.3) is 0 Å². The summed E-state index contributed by atoms with van der Waals surface area (Å²) in [5.74, 6) is 1.46. The van der Waals surface area contributed by atoms with Gasteiger partial charge in [0.15, 0.2) is 5.96 Å². The number of nitrogens with one attached hydrogen (secondary N) is 3. The molecule has 0 bridgehead atoms. The Kier molecular flexibility index (Phi) is 11.3. The van der Waals surface area contributed by atoms with Gasteiger partial charge in [-0.25, -0.2) is 13.1 Å². The number of unbranched alkanes of at least 4 members (excludes halogenated alkanes) is 1. The van der Waals surface area contributed by atoms with Crippen LogP contribution in [0.2, 0.25) is 0 Å². The molecule has 0 aliphatic carbocycles. The monoisotopic (exact) mass is 320 g/mol. The normalized spacial score (nSPS) is 14.0. The van der Waals surface area contributed by atoms with E-state index in [1.807, 2.05) is 0 Å². The number of nitrogens with zero attached hydrogens (tertiary/aromatic N) is 1. The van der Waals surface area contributed by atoms with Crippen LogP contribution in [0.4, 0.5) is 0 Å². The number of sulfonamides is 1. The Morgan fingerprint density at radius 3 is 2.38 bits per heavy atom. The fraction of sp³-hybridized carbons (Fsp3) is 0.929. The fourth-order valence-corrected chi connectivity index (χ4v) is 2.47. The van der Waals surface area contributed by atoms with Gasteiger partial charge in [-0.1, -0.05) is 33.1 Å². The van der Waals surface area contributed by atoms with Crippen molar-refractivity contribution < 1.29 is 8.42 Å². The van der Waals surface area contributed by atoms with Gasteiger partial charge in [0.05, 0.1) is 6.26 Å². The van der Waals surface area contributed by atoms with E-state index >= 15 is 0 Å². The molecule has 0 heterocycles. The van der Waals surface area contributed by atoms with Crippen molar-refractivity contribution in [3.8, 4) is 0 Å². The average Bonchev–Trinajstić information content (AvgIpc) is 2.43. The first kappa shape index (κ1) is 20.2. The van der Waals surface area contributed by atoms with Gasteiger partial charge in [-0.05, 0) is 18.8 Å². The van der Waals surface area contributed by atoms with E-state index in [1.54, 1.807) is 7.05 Å². The highest BCUT2D eigenvalue weighted by atomic mass is 32.2. The molecule has 0 fully saturated rings. The quantitative estimate of drug-likeness (QED) is 0.304. The van der Waals surface area contributed by atoms with Crippen LogP contribution in [0.3, 0.4) is 0 Å². The smallest absolute Gasteiger partial charge is 0.208 e. The Labute approximate surface area is 130 Å². The molecule has 0 aliphatic rings. The van der Waals surface area contributed by atoms with Gasteiger partial charge in [-0.15, -0.1) is 0 Å². The molecule has 0 radical (unpaired) electrons. The molecule has 0 aromatic heterocycles. The minimum atomic E-state index is -3.09. The third-order valence-corrected chi connectivity index (χ3v) is 4.06. The van der Waals surface area contributed by atoms with E-state index in [-0.39, 0.29) is 0 Å². The molecule has 21 heavy (non-hydrogen) atoms. The predicted molar refractivity (Wildman–Crippen MR) is 90.1 cm³/mol. The molecule has 0 aromatic rings. The van der Waals surface area contributed by atoms with Crippen LogP contribution in [-0.2, 0) is 10.0 Å². The summed E-state index contributed by atoms with van der Waals surface area (Å²) in [5, 5.41) is 6.53. The molecule has 0 amide bonds. The second kappa shape index (κ2) is 11.8. The minimum absolute atomic E-state index is 0.441. The van der Waals surface area contributed by atoms with Gasteiger partial charge in [0, 0.05) is 26.7 Å². The molecule has 0 saturated carbocycles. The molecular weight excluding hydrogens is 288 g/mol. The van der Waals surface area contributed by atoms with Gasteiger partial charge in [-0.2, -0.15) is 0 Å². The van der Waals surface area contributed by atoms with Crippen molar-refractivity contribution in [2.24, 2.45) is 10.9 Å². The second-order valence-corrected chi connectivity index (χ2v) is 7.15. The summed E-state index contributed by atoms with van der Waals surface area (Å²) in [7, 11) is -1.34. The molecule has 0 spiro atoms. The SMILES string of the molecule is CCCCC(CC)CNC(=NC)NCCCNS(C)(=O)=O. The molecule has 6 nitrogen and oxygen atoms in total. The van der Waals surface area contributed by atoms with Crippen molar-refractivity contribution >= 4 is 16.0 Å². The van der Waals surface area contributed by atoms with E-state index in [4.69, 9.17) is 0 Å². The van der Waals surface area contributed by atoms with E-state index in [0.29, 0.717) is 19.0 Å². The maximum atomic E-state index is 10.9. The minimum Gasteiger partial charge on any atom is -0.356 e. The summed E-state index contributed by atoms with van der Waals surface area (Å²) < 4.78 is 24.3. The van der Waals surface area contributed by atoms with Crippen LogP contribution in [0, 0.1) is 5.92 Å². The van der Waals surface area contributed by atoms with Gasteiger partial charge in [0.2, 0.25) is 10.0 Å². The summed E-state index contributed by atoms with van der Waals surface area (Å²) >= 11 is 0. The molecule has 126 valence electrons. The molecule has 1 unspecified atom stereocenters. The van der Waals surface area contributed by atoms with E-state index < -0.39 is 10.0 Å². The zero-order valence-electron chi connectivity index (χ0n) is 13.9. The maximum absolute atomic E-state index is 10.9. The Bertz CT molecular complexity index is 382. The zero-order chi connectivity index (χ0) is 16.1. The zero-order valence-corrected chi connectivity index (χ0v) is 14.7. The first-order chi connectivity index (χ1) is 9.92. The predicted octanol–water partition coefficient (Wildman–Crippen LogP) is 1.31. The Morgan fingerprint density at radius 1 is 1.14 bits per heavy atom. The summed E-state index contributed by atoms with van der Waals surface area (Å²) in [6.07, 6.45) is 6.81. The highest BCUT2D eigenvalue weighted by Gasteiger charge is 2.06. The van der Waals surface area contributed by atoms with Gasteiger partial charge >= 0.3 is 0 Å². The van der Waals surface area contributed by atoms with E-state index in [1.165, 1.54) is 31.9 Å². The molecule has 0 aromatic carbocycles. The number of aliphatic imine (C=N–C) groups is 1. The van der Waals surface area contributed by atoms with Crippen LogP contribution in [0.15, 0.2) is 4.99 Å². The van der Waals surface area contributed by atoms with E-state index in [9.17, 15) is 8.42 Å². The Morgan fingerprint density at radius 2 is 1.86 bits per heavy atom. The molecule has 0 rings (SSSR count). The second-order valence-electron chi connectivity index (χ2n) is 5.32. The lowest BCUT2D eigenvalue weighted by atomic mass is 9.99. The molecule has 1 atom stereocenters. The number of hydrogen-bond donors (Lipinski definition) is 3. The topological polar surface area (TPSA) is 82.6 Å². The Balaban J connectivity index is 3.85. The van der Waals surface area contributed by atoms with Crippen molar-refractivity contribution in [2.75, 3.05) is 32.9 Å². The molecular formula is C14H32N4O2S. The van der Waals surface area contributed by atoms with Gasteiger partial charge < -0.3 is 10.6 Å². The highest BCUT2D eigenvalue weighted by Crippen LogP contribution is 2.10. The van der Waals surface area contributed by atoms with Gasteiger partial charge in [-0.3, -0.25) is 4.99 Å². The first-order valence-corrected chi connectivity index (χ1v) is 9.71.